The normalized spacial score (nSPS) is 25.1. The van der Waals surface area contributed by atoms with Crippen molar-refractivity contribution in [1.82, 2.24) is 14.9 Å². The van der Waals surface area contributed by atoms with Crippen LogP contribution in [0.3, 0.4) is 0 Å². The number of nitrogens with zero attached hydrogens (tertiary/aromatic N) is 3. The van der Waals surface area contributed by atoms with Crippen molar-refractivity contribution >= 4 is 22.9 Å². The van der Waals surface area contributed by atoms with Crippen molar-refractivity contribution in [3.05, 3.63) is 36.2 Å². The van der Waals surface area contributed by atoms with E-state index in [4.69, 9.17) is 4.74 Å². The molecule has 2 heterocycles. The maximum absolute atomic E-state index is 12.7. The second-order valence-electron chi connectivity index (χ2n) is 7.69. The summed E-state index contributed by atoms with van der Waals surface area (Å²) in [4.78, 5) is 35.5. The van der Waals surface area contributed by atoms with E-state index < -0.39 is 5.97 Å². The molecule has 1 aromatic carbocycles. The Balaban J connectivity index is 1.40. The molecule has 27 heavy (non-hydrogen) atoms. The second kappa shape index (κ2) is 7.62. The second-order valence-corrected chi connectivity index (χ2v) is 7.69. The highest BCUT2D eigenvalue weighted by Gasteiger charge is 2.39. The molecule has 142 valence electrons. The summed E-state index contributed by atoms with van der Waals surface area (Å²) in [5.74, 6) is 0.543. The fourth-order valence-electron chi connectivity index (χ4n) is 4.56. The standard InChI is InChI=1S/C21H25N3O3/c1-14-10-11-24(19-9-5-2-6-15(14)19)20(25)13-27-21(26)18-12-22-16-7-3-4-8-17(16)23-18/h3-4,7-8,12,14-15,19H,2,5-6,9-11,13H2,1H3/t14-,15-,19-/m1/s1. The van der Waals surface area contributed by atoms with E-state index in [2.05, 4.69) is 16.9 Å². The molecule has 0 radical (unpaired) electrons. The SMILES string of the molecule is C[C@@H]1CCN(C(=O)COC(=O)c2cnc3ccccc3n2)[C@@H]2CCCC[C@H]12. The first-order valence-electron chi connectivity index (χ1n) is 9.82. The van der Waals surface area contributed by atoms with Crippen molar-refractivity contribution in [1.29, 1.82) is 0 Å². The first kappa shape index (κ1) is 17.9. The Labute approximate surface area is 158 Å². The first-order chi connectivity index (χ1) is 13.1. The molecule has 0 unspecified atom stereocenters. The van der Waals surface area contributed by atoms with Crippen LogP contribution in [-0.4, -0.2) is 45.9 Å². The molecular formula is C21H25N3O3. The third-order valence-electron chi connectivity index (χ3n) is 6.04. The molecule has 1 saturated heterocycles. The fourth-order valence-corrected chi connectivity index (χ4v) is 4.56. The highest BCUT2D eigenvalue weighted by molar-refractivity contribution is 5.91. The average Bonchev–Trinajstić information content (AvgIpc) is 2.72. The number of carbonyl (C=O) groups excluding carboxylic acids is 2. The lowest BCUT2D eigenvalue weighted by atomic mass is 9.72. The Bertz CT molecular complexity index is 853. The van der Waals surface area contributed by atoms with Gasteiger partial charge < -0.3 is 9.64 Å². The van der Waals surface area contributed by atoms with E-state index >= 15 is 0 Å². The highest BCUT2D eigenvalue weighted by atomic mass is 16.5. The number of ether oxygens (including phenoxy) is 1. The molecule has 2 aliphatic rings. The van der Waals surface area contributed by atoms with Crippen LogP contribution in [-0.2, 0) is 9.53 Å². The summed E-state index contributed by atoms with van der Waals surface area (Å²) in [7, 11) is 0. The van der Waals surface area contributed by atoms with Crippen molar-refractivity contribution in [2.75, 3.05) is 13.2 Å². The van der Waals surface area contributed by atoms with E-state index in [-0.39, 0.29) is 18.2 Å². The molecule has 4 rings (SSSR count). The molecule has 1 aromatic heterocycles. The van der Waals surface area contributed by atoms with Crippen LogP contribution < -0.4 is 0 Å². The molecule has 2 fully saturated rings. The molecule has 1 amide bonds. The van der Waals surface area contributed by atoms with E-state index in [0.29, 0.717) is 23.4 Å². The minimum Gasteiger partial charge on any atom is -0.451 e. The number of rotatable bonds is 3. The van der Waals surface area contributed by atoms with Gasteiger partial charge in [-0.25, -0.2) is 9.78 Å². The van der Waals surface area contributed by atoms with Crippen molar-refractivity contribution in [3.8, 4) is 0 Å². The molecular weight excluding hydrogens is 342 g/mol. The topological polar surface area (TPSA) is 72.4 Å². The number of esters is 1. The van der Waals surface area contributed by atoms with Crippen LogP contribution in [0.4, 0.5) is 0 Å². The van der Waals surface area contributed by atoms with E-state index in [1.54, 1.807) is 6.07 Å². The molecule has 6 heteroatoms. The fraction of sp³-hybridized carbons (Fsp3) is 0.524. The lowest BCUT2D eigenvalue weighted by molar-refractivity contribution is -0.142. The van der Waals surface area contributed by atoms with E-state index in [1.165, 1.54) is 25.5 Å². The molecule has 6 nitrogen and oxygen atoms in total. The van der Waals surface area contributed by atoms with Gasteiger partial charge in [0.15, 0.2) is 12.3 Å². The summed E-state index contributed by atoms with van der Waals surface area (Å²) in [6.07, 6.45) is 7.10. The number of hydrogen-bond donors (Lipinski definition) is 0. The molecule has 0 N–H and O–H groups in total. The van der Waals surface area contributed by atoms with Crippen molar-refractivity contribution < 1.29 is 14.3 Å². The van der Waals surface area contributed by atoms with Crippen LogP contribution in [0.15, 0.2) is 30.5 Å². The Morgan fingerprint density at radius 2 is 1.93 bits per heavy atom. The third-order valence-corrected chi connectivity index (χ3v) is 6.04. The Hall–Kier alpha value is -2.50. The molecule has 0 bridgehead atoms. The molecule has 2 aromatic rings. The van der Waals surface area contributed by atoms with Gasteiger partial charge in [-0.15, -0.1) is 0 Å². The summed E-state index contributed by atoms with van der Waals surface area (Å²) in [5, 5.41) is 0. The third kappa shape index (κ3) is 3.66. The monoisotopic (exact) mass is 367 g/mol. The van der Waals surface area contributed by atoms with Gasteiger partial charge in [0.1, 0.15) is 0 Å². The van der Waals surface area contributed by atoms with Crippen LogP contribution in [0.5, 0.6) is 0 Å². The summed E-state index contributed by atoms with van der Waals surface area (Å²) < 4.78 is 5.27. The molecule has 1 aliphatic carbocycles. The van der Waals surface area contributed by atoms with Gasteiger partial charge in [0.05, 0.1) is 17.2 Å². The number of hydrogen-bond acceptors (Lipinski definition) is 5. The van der Waals surface area contributed by atoms with Gasteiger partial charge in [-0.3, -0.25) is 9.78 Å². The predicted octanol–water partition coefficient (Wildman–Crippen LogP) is 3.21. The Morgan fingerprint density at radius 3 is 2.78 bits per heavy atom. The smallest absolute Gasteiger partial charge is 0.359 e. The van der Waals surface area contributed by atoms with Gasteiger partial charge in [0, 0.05) is 12.6 Å². The number of aromatic nitrogens is 2. The molecule has 3 atom stereocenters. The number of benzene rings is 1. The zero-order chi connectivity index (χ0) is 18.8. The molecule has 1 saturated carbocycles. The summed E-state index contributed by atoms with van der Waals surface area (Å²) in [5.41, 5.74) is 1.48. The van der Waals surface area contributed by atoms with Crippen LogP contribution >= 0.6 is 0 Å². The predicted molar refractivity (Wildman–Crippen MR) is 101 cm³/mol. The highest BCUT2D eigenvalue weighted by Crippen LogP contribution is 2.38. The minimum absolute atomic E-state index is 0.0964. The van der Waals surface area contributed by atoms with Gasteiger partial charge in [0.2, 0.25) is 0 Å². The number of amides is 1. The van der Waals surface area contributed by atoms with E-state index in [0.717, 1.165) is 24.9 Å². The summed E-state index contributed by atoms with van der Waals surface area (Å²) >= 11 is 0. The number of fused-ring (bicyclic) bond motifs is 2. The van der Waals surface area contributed by atoms with Gasteiger partial charge >= 0.3 is 5.97 Å². The van der Waals surface area contributed by atoms with Gasteiger partial charge in [-0.2, -0.15) is 0 Å². The minimum atomic E-state index is -0.604. The Morgan fingerprint density at radius 1 is 1.15 bits per heavy atom. The maximum atomic E-state index is 12.7. The average molecular weight is 367 g/mol. The maximum Gasteiger partial charge on any atom is 0.359 e. The number of para-hydroxylation sites is 2. The Kier molecular flexibility index (Phi) is 5.05. The van der Waals surface area contributed by atoms with Gasteiger partial charge in [-0.1, -0.05) is 31.9 Å². The zero-order valence-electron chi connectivity index (χ0n) is 15.6. The summed E-state index contributed by atoms with van der Waals surface area (Å²) in [6, 6.07) is 7.63. The number of carbonyl (C=O) groups is 2. The van der Waals surface area contributed by atoms with Crippen molar-refractivity contribution in [2.24, 2.45) is 11.8 Å². The lowest BCUT2D eigenvalue weighted by Gasteiger charge is -2.47. The van der Waals surface area contributed by atoms with Crippen LogP contribution in [0.2, 0.25) is 0 Å². The quantitative estimate of drug-likeness (QED) is 0.779. The lowest BCUT2D eigenvalue weighted by Crippen LogP contribution is -2.53. The van der Waals surface area contributed by atoms with E-state index in [9.17, 15) is 9.59 Å². The van der Waals surface area contributed by atoms with Crippen LogP contribution in [0.25, 0.3) is 11.0 Å². The van der Waals surface area contributed by atoms with Crippen molar-refractivity contribution in [3.63, 3.8) is 0 Å². The molecule has 0 spiro atoms. The van der Waals surface area contributed by atoms with Crippen molar-refractivity contribution in [2.45, 2.75) is 45.1 Å². The summed E-state index contributed by atoms with van der Waals surface area (Å²) in [6.45, 7) is 2.82. The zero-order valence-corrected chi connectivity index (χ0v) is 15.6. The number of piperidine rings is 1. The largest absolute Gasteiger partial charge is 0.451 e. The van der Waals surface area contributed by atoms with Gasteiger partial charge in [-0.05, 0) is 43.2 Å². The van der Waals surface area contributed by atoms with Crippen LogP contribution in [0, 0.1) is 11.8 Å². The van der Waals surface area contributed by atoms with E-state index in [1.807, 2.05) is 23.1 Å². The van der Waals surface area contributed by atoms with Crippen LogP contribution in [0.1, 0.15) is 49.5 Å². The number of likely N-dealkylation sites (tertiary alicyclic amines) is 1. The van der Waals surface area contributed by atoms with Gasteiger partial charge in [0.25, 0.3) is 5.91 Å². The first-order valence-corrected chi connectivity index (χ1v) is 9.82. The molecule has 1 aliphatic heterocycles.